The Kier molecular flexibility index (Phi) is 14.1. The maximum Gasteiger partial charge on any atom is 0.106 e. The summed E-state index contributed by atoms with van der Waals surface area (Å²) in [6, 6.07) is 8.59. The number of hydrogen-bond acceptors (Lipinski definition) is 2. The third-order valence-electron chi connectivity index (χ3n) is 2.31. The first-order chi connectivity index (χ1) is 8.92. The number of carbonyl (C=O) groups is 1. The Labute approximate surface area is 112 Å². The zero-order chi connectivity index (χ0) is 14.4. The minimum absolute atomic E-state index is 1.07. The first kappa shape index (κ1) is 18.8. The van der Waals surface area contributed by atoms with Gasteiger partial charge in [-0.05, 0) is 18.9 Å². The number of hydrogen-bond donors (Lipinski definition) is 1. The molecule has 0 spiro atoms. The van der Waals surface area contributed by atoms with Gasteiger partial charge in [-0.2, -0.15) is 0 Å². The molecule has 2 nitrogen and oxygen atoms in total. The lowest BCUT2D eigenvalue weighted by atomic mass is 9.98. The Morgan fingerprint density at radius 3 is 2.22 bits per heavy atom. The van der Waals surface area contributed by atoms with Crippen molar-refractivity contribution in [3.63, 3.8) is 0 Å². The van der Waals surface area contributed by atoms with Crippen LogP contribution in [-0.4, -0.2) is 13.3 Å². The molecule has 0 aliphatic carbocycles. The third kappa shape index (κ3) is 5.67. The molecule has 102 valence electrons. The molecule has 0 aromatic heterocycles. The van der Waals surface area contributed by atoms with Crippen molar-refractivity contribution >= 4 is 12.5 Å². The second-order valence-corrected chi connectivity index (χ2v) is 3.04. The first-order valence-corrected chi connectivity index (χ1v) is 6.69. The van der Waals surface area contributed by atoms with Crippen LogP contribution in [0, 0.1) is 0 Å². The van der Waals surface area contributed by atoms with Gasteiger partial charge in [0, 0.05) is 17.8 Å². The van der Waals surface area contributed by atoms with Crippen LogP contribution in [0.1, 0.15) is 45.7 Å². The van der Waals surface area contributed by atoms with Gasteiger partial charge in [-0.25, -0.2) is 0 Å². The summed E-state index contributed by atoms with van der Waals surface area (Å²) in [6.45, 7) is 13.1. The van der Waals surface area contributed by atoms with Gasteiger partial charge in [0.05, 0.1) is 0 Å². The molecule has 0 saturated carbocycles. The van der Waals surface area contributed by atoms with E-state index in [-0.39, 0.29) is 0 Å². The zero-order valence-corrected chi connectivity index (χ0v) is 12.4. The zero-order valence-electron chi connectivity index (χ0n) is 12.4. The summed E-state index contributed by atoms with van der Waals surface area (Å²) in [4.78, 5) is 8.00. The number of rotatable bonds is 0. The summed E-state index contributed by atoms with van der Waals surface area (Å²) in [5.41, 5.74) is 4.10. The molecule has 1 aromatic rings. The molecule has 1 N–H and O–H groups in total. The highest BCUT2D eigenvalue weighted by molar-refractivity contribution is 5.68. The SMILES string of the molecule is C/C=C1/NCCc2ccccc21.C=O.CC.CC. The monoisotopic (exact) mass is 249 g/mol. The van der Waals surface area contributed by atoms with E-state index in [2.05, 4.69) is 42.6 Å². The fourth-order valence-corrected chi connectivity index (χ4v) is 1.69. The molecule has 2 rings (SSSR count). The van der Waals surface area contributed by atoms with Gasteiger partial charge in [-0.1, -0.05) is 58.0 Å². The van der Waals surface area contributed by atoms with Crippen molar-refractivity contribution in [2.75, 3.05) is 6.54 Å². The molecule has 2 heteroatoms. The van der Waals surface area contributed by atoms with Crippen LogP contribution in [0.2, 0.25) is 0 Å². The van der Waals surface area contributed by atoms with Gasteiger partial charge in [0.1, 0.15) is 6.79 Å². The molecule has 1 aliphatic heterocycles. The van der Waals surface area contributed by atoms with Crippen molar-refractivity contribution in [2.45, 2.75) is 41.0 Å². The van der Waals surface area contributed by atoms with E-state index in [0.717, 1.165) is 13.0 Å². The molecule has 0 atom stereocenters. The van der Waals surface area contributed by atoms with Crippen LogP contribution in [-0.2, 0) is 11.2 Å². The maximum atomic E-state index is 8.00. The highest BCUT2D eigenvalue weighted by Crippen LogP contribution is 2.20. The van der Waals surface area contributed by atoms with Gasteiger partial charge in [-0.15, -0.1) is 0 Å². The molecular weight excluding hydrogens is 222 g/mol. The summed E-state index contributed by atoms with van der Waals surface area (Å²) < 4.78 is 0. The van der Waals surface area contributed by atoms with Crippen molar-refractivity contribution in [3.05, 3.63) is 41.5 Å². The van der Waals surface area contributed by atoms with Gasteiger partial charge >= 0.3 is 0 Å². The van der Waals surface area contributed by atoms with Gasteiger partial charge < -0.3 is 10.1 Å². The average Bonchev–Trinajstić information content (AvgIpc) is 2.52. The van der Waals surface area contributed by atoms with Crippen LogP contribution in [0.15, 0.2) is 30.3 Å². The van der Waals surface area contributed by atoms with Crippen LogP contribution < -0.4 is 5.32 Å². The summed E-state index contributed by atoms with van der Waals surface area (Å²) in [6.07, 6.45) is 3.28. The predicted octanol–water partition coefficient (Wildman–Crippen LogP) is 4.06. The minimum atomic E-state index is 1.07. The topological polar surface area (TPSA) is 29.1 Å². The Morgan fingerprint density at radius 2 is 1.67 bits per heavy atom. The lowest BCUT2D eigenvalue weighted by molar-refractivity contribution is -0.0979. The molecule has 0 saturated heterocycles. The average molecular weight is 249 g/mol. The molecule has 0 amide bonds. The smallest absolute Gasteiger partial charge is 0.106 e. The van der Waals surface area contributed by atoms with Crippen molar-refractivity contribution < 1.29 is 4.79 Å². The number of nitrogens with one attached hydrogen (secondary N) is 1. The highest BCUT2D eigenvalue weighted by atomic mass is 16.1. The van der Waals surface area contributed by atoms with Crippen LogP contribution in [0.4, 0.5) is 0 Å². The van der Waals surface area contributed by atoms with Crippen molar-refractivity contribution in [1.82, 2.24) is 5.32 Å². The number of benzene rings is 1. The molecule has 18 heavy (non-hydrogen) atoms. The van der Waals surface area contributed by atoms with Gasteiger partial charge in [-0.3, -0.25) is 0 Å². The predicted molar refractivity (Wildman–Crippen MR) is 81.6 cm³/mol. The van der Waals surface area contributed by atoms with Gasteiger partial charge in [0.25, 0.3) is 0 Å². The second kappa shape index (κ2) is 13.5. The third-order valence-corrected chi connectivity index (χ3v) is 2.31. The largest absolute Gasteiger partial charge is 0.384 e. The van der Waals surface area contributed by atoms with E-state index >= 15 is 0 Å². The molecular formula is C16H27NO. The van der Waals surface area contributed by atoms with E-state index in [9.17, 15) is 0 Å². The second-order valence-electron chi connectivity index (χ2n) is 3.04. The Morgan fingerprint density at radius 1 is 1.11 bits per heavy atom. The summed E-state index contributed by atoms with van der Waals surface area (Å²) in [5, 5.41) is 3.39. The molecule has 0 fully saturated rings. The van der Waals surface area contributed by atoms with E-state index in [1.54, 1.807) is 0 Å². The van der Waals surface area contributed by atoms with E-state index in [0.29, 0.717) is 0 Å². The van der Waals surface area contributed by atoms with E-state index in [1.807, 2.05) is 34.5 Å². The Bertz CT molecular complexity index is 332. The van der Waals surface area contributed by atoms with Crippen LogP contribution in [0.25, 0.3) is 5.70 Å². The fraction of sp³-hybridized carbons (Fsp3) is 0.438. The van der Waals surface area contributed by atoms with E-state index < -0.39 is 0 Å². The number of fused-ring (bicyclic) bond motifs is 1. The first-order valence-electron chi connectivity index (χ1n) is 6.69. The van der Waals surface area contributed by atoms with Gasteiger partial charge in [0.15, 0.2) is 0 Å². The summed E-state index contributed by atoms with van der Waals surface area (Å²) >= 11 is 0. The van der Waals surface area contributed by atoms with Crippen LogP contribution >= 0.6 is 0 Å². The molecule has 1 aliphatic rings. The molecule has 0 unspecified atom stereocenters. The van der Waals surface area contributed by atoms with Crippen LogP contribution in [0.3, 0.4) is 0 Å². The Hall–Kier alpha value is -1.57. The quantitative estimate of drug-likeness (QED) is 0.751. The molecule has 0 radical (unpaired) electrons. The van der Waals surface area contributed by atoms with Crippen molar-refractivity contribution in [3.8, 4) is 0 Å². The molecule has 1 aromatic carbocycles. The molecule has 1 heterocycles. The van der Waals surface area contributed by atoms with Crippen molar-refractivity contribution in [1.29, 1.82) is 0 Å². The highest BCUT2D eigenvalue weighted by Gasteiger charge is 2.10. The lowest BCUT2D eigenvalue weighted by Crippen LogP contribution is -2.22. The van der Waals surface area contributed by atoms with Crippen molar-refractivity contribution in [2.24, 2.45) is 0 Å². The van der Waals surface area contributed by atoms with Gasteiger partial charge in [0.2, 0.25) is 0 Å². The number of allylic oxidation sites excluding steroid dienone is 1. The maximum absolute atomic E-state index is 8.00. The normalized spacial score (nSPS) is 13.3. The Balaban J connectivity index is 0. The lowest BCUT2D eigenvalue weighted by Gasteiger charge is -2.20. The summed E-state index contributed by atoms with van der Waals surface area (Å²) in [7, 11) is 0. The van der Waals surface area contributed by atoms with Crippen LogP contribution in [0.5, 0.6) is 0 Å². The van der Waals surface area contributed by atoms with E-state index in [1.165, 1.54) is 16.8 Å². The summed E-state index contributed by atoms with van der Waals surface area (Å²) in [5.74, 6) is 0. The number of carbonyl (C=O) groups excluding carboxylic acids is 1. The standard InChI is InChI=1S/C11H13N.2C2H6.CH2O/c1-2-11-10-6-4-3-5-9(10)7-8-12-11;3*1-2/h2-6,12H,7-8H2,1H3;2*1-2H3;1H2/b11-2+;;;. The van der Waals surface area contributed by atoms with E-state index in [4.69, 9.17) is 4.79 Å². The minimum Gasteiger partial charge on any atom is -0.384 e. The molecule has 0 bridgehead atoms. The fourth-order valence-electron chi connectivity index (χ4n) is 1.69.